The van der Waals surface area contributed by atoms with Crippen LogP contribution in [0.5, 0.6) is 0 Å². The normalized spacial score (nSPS) is 23.9. The second kappa shape index (κ2) is 5.38. The van der Waals surface area contributed by atoms with Crippen LogP contribution in [-0.4, -0.2) is 23.4 Å². The van der Waals surface area contributed by atoms with Gasteiger partial charge in [-0.05, 0) is 26.2 Å². The lowest BCUT2D eigenvalue weighted by Crippen LogP contribution is -2.37. The van der Waals surface area contributed by atoms with Gasteiger partial charge in [0.15, 0.2) is 0 Å². The van der Waals surface area contributed by atoms with Crippen molar-refractivity contribution in [1.82, 2.24) is 4.90 Å². The van der Waals surface area contributed by atoms with Crippen molar-refractivity contribution in [1.29, 1.82) is 0 Å². The molecule has 0 saturated carbocycles. The van der Waals surface area contributed by atoms with Crippen LogP contribution in [0.25, 0.3) is 0 Å². The van der Waals surface area contributed by atoms with Gasteiger partial charge in [-0.3, -0.25) is 4.79 Å². The third-order valence-corrected chi connectivity index (χ3v) is 3.25. The van der Waals surface area contributed by atoms with Gasteiger partial charge >= 0.3 is 0 Å². The molecular formula is C12H23NO. The number of likely N-dealkylation sites (tertiary alicyclic amines) is 1. The molecule has 1 saturated heterocycles. The van der Waals surface area contributed by atoms with E-state index in [4.69, 9.17) is 0 Å². The summed E-state index contributed by atoms with van der Waals surface area (Å²) < 4.78 is 0. The molecule has 2 heteroatoms. The molecule has 0 N–H and O–H groups in total. The first-order valence-electron chi connectivity index (χ1n) is 5.97. The van der Waals surface area contributed by atoms with E-state index in [1.54, 1.807) is 0 Å². The molecule has 0 aromatic rings. The molecule has 0 aromatic heterocycles. The Balaban J connectivity index is 2.39. The summed E-state index contributed by atoms with van der Waals surface area (Å²) in [5.74, 6) is 0.610. The number of rotatable bonds is 4. The number of carbonyl (C=O) groups excluding carboxylic acids is 1. The topological polar surface area (TPSA) is 20.3 Å². The van der Waals surface area contributed by atoms with E-state index in [0.29, 0.717) is 11.9 Å². The highest BCUT2D eigenvalue weighted by atomic mass is 16.2. The maximum absolute atomic E-state index is 12.0. The highest BCUT2D eigenvalue weighted by Crippen LogP contribution is 2.21. The van der Waals surface area contributed by atoms with E-state index in [0.717, 1.165) is 13.0 Å². The van der Waals surface area contributed by atoms with E-state index in [-0.39, 0.29) is 5.92 Å². The molecule has 1 aliphatic rings. The highest BCUT2D eigenvalue weighted by Gasteiger charge is 2.27. The van der Waals surface area contributed by atoms with Crippen molar-refractivity contribution in [3.63, 3.8) is 0 Å². The Labute approximate surface area is 87.7 Å². The maximum atomic E-state index is 12.0. The van der Waals surface area contributed by atoms with E-state index in [9.17, 15) is 4.79 Å². The molecule has 2 atom stereocenters. The van der Waals surface area contributed by atoms with Crippen LogP contribution in [0.15, 0.2) is 0 Å². The Kier molecular flexibility index (Phi) is 4.43. The van der Waals surface area contributed by atoms with Crippen molar-refractivity contribution in [2.75, 3.05) is 6.54 Å². The van der Waals surface area contributed by atoms with Crippen LogP contribution in [0, 0.1) is 5.92 Å². The minimum absolute atomic E-state index is 0.232. The molecule has 2 nitrogen and oxygen atoms in total. The van der Waals surface area contributed by atoms with E-state index in [2.05, 4.69) is 25.7 Å². The molecule has 0 aliphatic carbocycles. The van der Waals surface area contributed by atoms with Gasteiger partial charge in [0.25, 0.3) is 0 Å². The Hall–Kier alpha value is -0.530. The van der Waals surface area contributed by atoms with Gasteiger partial charge in [-0.2, -0.15) is 0 Å². The van der Waals surface area contributed by atoms with Crippen molar-refractivity contribution < 1.29 is 4.79 Å². The van der Waals surface area contributed by atoms with E-state index in [1.165, 1.54) is 25.7 Å². The Morgan fingerprint density at radius 3 is 2.79 bits per heavy atom. The SMILES string of the molecule is CCCCC(C)C(=O)N1CCCC1C. The van der Waals surface area contributed by atoms with Crippen molar-refractivity contribution in [2.24, 2.45) is 5.92 Å². The molecule has 2 unspecified atom stereocenters. The van der Waals surface area contributed by atoms with Crippen LogP contribution < -0.4 is 0 Å². The van der Waals surface area contributed by atoms with Crippen molar-refractivity contribution in [2.45, 2.75) is 58.9 Å². The molecule has 1 amide bonds. The molecule has 14 heavy (non-hydrogen) atoms. The van der Waals surface area contributed by atoms with E-state index >= 15 is 0 Å². The number of hydrogen-bond acceptors (Lipinski definition) is 1. The largest absolute Gasteiger partial charge is 0.340 e. The van der Waals surface area contributed by atoms with Gasteiger partial charge < -0.3 is 4.90 Å². The lowest BCUT2D eigenvalue weighted by Gasteiger charge is -2.24. The molecule has 1 fully saturated rings. The van der Waals surface area contributed by atoms with E-state index in [1.807, 2.05) is 0 Å². The fourth-order valence-electron chi connectivity index (χ4n) is 2.18. The molecule has 1 aliphatic heterocycles. The molecule has 82 valence electrons. The zero-order valence-electron chi connectivity index (χ0n) is 9.75. The van der Waals surface area contributed by atoms with Crippen LogP contribution in [0.4, 0.5) is 0 Å². The van der Waals surface area contributed by atoms with Crippen molar-refractivity contribution in [3.05, 3.63) is 0 Å². The standard InChI is InChI=1S/C12H23NO/c1-4-5-7-10(2)12(14)13-9-6-8-11(13)3/h10-11H,4-9H2,1-3H3. The number of hydrogen-bond donors (Lipinski definition) is 0. The summed E-state index contributed by atoms with van der Waals surface area (Å²) in [6, 6.07) is 0.478. The third kappa shape index (κ3) is 2.73. The van der Waals surface area contributed by atoms with Gasteiger partial charge in [-0.1, -0.05) is 26.7 Å². The fourth-order valence-corrected chi connectivity index (χ4v) is 2.18. The average Bonchev–Trinajstić information content (AvgIpc) is 2.59. The number of nitrogens with zero attached hydrogens (tertiary/aromatic N) is 1. The Bertz CT molecular complexity index is 191. The monoisotopic (exact) mass is 197 g/mol. The lowest BCUT2D eigenvalue weighted by atomic mass is 10.0. The summed E-state index contributed by atoms with van der Waals surface area (Å²) >= 11 is 0. The van der Waals surface area contributed by atoms with Gasteiger partial charge in [0.1, 0.15) is 0 Å². The van der Waals surface area contributed by atoms with Gasteiger partial charge in [0, 0.05) is 18.5 Å². The smallest absolute Gasteiger partial charge is 0.225 e. The summed E-state index contributed by atoms with van der Waals surface area (Å²) in [4.78, 5) is 14.1. The fraction of sp³-hybridized carbons (Fsp3) is 0.917. The predicted molar refractivity (Wildman–Crippen MR) is 59.1 cm³/mol. The second-order valence-corrected chi connectivity index (χ2v) is 4.57. The molecule has 0 bridgehead atoms. The summed E-state index contributed by atoms with van der Waals surface area (Å²) in [6.07, 6.45) is 5.79. The molecule has 1 heterocycles. The summed E-state index contributed by atoms with van der Waals surface area (Å²) in [5.41, 5.74) is 0. The quantitative estimate of drug-likeness (QED) is 0.678. The highest BCUT2D eigenvalue weighted by molar-refractivity contribution is 5.79. The third-order valence-electron chi connectivity index (χ3n) is 3.25. The minimum Gasteiger partial charge on any atom is -0.340 e. The Morgan fingerprint density at radius 2 is 2.29 bits per heavy atom. The van der Waals surface area contributed by atoms with Crippen molar-refractivity contribution in [3.8, 4) is 0 Å². The van der Waals surface area contributed by atoms with Crippen LogP contribution in [0.3, 0.4) is 0 Å². The lowest BCUT2D eigenvalue weighted by molar-refractivity contribution is -0.135. The van der Waals surface area contributed by atoms with Crippen LogP contribution in [-0.2, 0) is 4.79 Å². The summed E-state index contributed by atoms with van der Waals surface area (Å²) in [6.45, 7) is 7.40. The zero-order chi connectivity index (χ0) is 10.6. The van der Waals surface area contributed by atoms with Crippen LogP contribution >= 0.6 is 0 Å². The first-order valence-corrected chi connectivity index (χ1v) is 5.97. The zero-order valence-corrected chi connectivity index (χ0v) is 9.75. The molecule has 1 rings (SSSR count). The second-order valence-electron chi connectivity index (χ2n) is 4.57. The first-order chi connectivity index (χ1) is 6.66. The molecule has 0 aromatic carbocycles. The van der Waals surface area contributed by atoms with Gasteiger partial charge in [0.2, 0.25) is 5.91 Å². The van der Waals surface area contributed by atoms with Crippen LogP contribution in [0.2, 0.25) is 0 Å². The van der Waals surface area contributed by atoms with Crippen molar-refractivity contribution >= 4 is 5.91 Å². The van der Waals surface area contributed by atoms with Crippen LogP contribution in [0.1, 0.15) is 52.9 Å². The van der Waals surface area contributed by atoms with E-state index < -0.39 is 0 Å². The number of amides is 1. The summed E-state index contributed by atoms with van der Waals surface area (Å²) in [5, 5.41) is 0. The predicted octanol–water partition coefficient (Wildman–Crippen LogP) is 2.82. The number of carbonyl (C=O) groups is 1. The number of unbranched alkanes of at least 4 members (excludes halogenated alkanes) is 1. The maximum Gasteiger partial charge on any atom is 0.225 e. The van der Waals surface area contributed by atoms with Gasteiger partial charge in [-0.15, -0.1) is 0 Å². The van der Waals surface area contributed by atoms with Gasteiger partial charge in [-0.25, -0.2) is 0 Å². The molecular weight excluding hydrogens is 174 g/mol. The summed E-state index contributed by atoms with van der Waals surface area (Å²) in [7, 11) is 0. The average molecular weight is 197 g/mol. The minimum atomic E-state index is 0.232. The molecule has 0 radical (unpaired) electrons. The Morgan fingerprint density at radius 1 is 1.57 bits per heavy atom. The molecule has 0 spiro atoms. The first kappa shape index (κ1) is 11.5. The van der Waals surface area contributed by atoms with Gasteiger partial charge in [0.05, 0.1) is 0 Å².